The number of Topliss-reactive ketones (excluding diaryl/α,β-unsaturated/α-hetero) is 2. The van der Waals surface area contributed by atoms with Gasteiger partial charge in [0.15, 0.2) is 0 Å². The summed E-state index contributed by atoms with van der Waals surface area (Å²) >= 11 is 2.71. The first kappa shape index (κ1) is 15.4. The van der Waals surface area contributed by atoms with Crippen LogP contribution in [-0.4, -0.2) is 34.8 Å². The topological polar surface area (TPSA) is 54.4 Å². The molecule has 0 unspecified atom stereocenters. The molecule has 1 aliphatic rings. The average molecular weight is 308 g/mol. The van der Waals surface area contributed by atoms with Gasteiger partial charge in [0.05, 0.1) is 16.4 Å². The van der Waals surface area contributed by atoms with Gasteiger partial charge in [-0.1, -0.05) is 31.2 Å². The second kappa shape index (κ2) is 7.11. The van der Waals surface area contributed by atoms with Crippen LogP contribution in [0, 0.1) is 0 Å². The van der Waals surface area contributed by atoms with Crippen molar-refractivity contribution in [3.05, 3.63) is 45.2 Å². The number of rotatable bonds is 6. The minimum absolute atomic E-state index is 0.0109. The summed E-state index contributed by atoms with van der Waals surface area (Å²) in [6.45, 7) is 2.03. The number of fused-ring (bicyclic) bond motifs is 1. The largest absolute Gasteiger partial charge is 0.396 e. The van der Waals surface area contributed by atoms with E-state index in [1.54, 1.807) is 24.3 Å². The van der Waals surface area contributed by atoms with Gasteiger partial charge in [-0.2, -0.15) is 0 Å². The fraction of sp³-hybridized carbons (Fsp3) is 0.333. The molecule has 3 nitrogen and oxygen atoms in total. The molecule has 1 N–H and O–H groups in total. The van der Waals surface area contributed by atoms with Crippen molar-refractivity contribution in [1.82, 2.24) is 0 Å². The fourth-order valence-corrected chi connectivity index (χ4v) is 3.93. The molecule has 1 aromatic carbocycles. The van der Waals surface area contributed by atoms with Crippen molar-refractivity contribution in [2.75, 3.05) is 18.1 Å². The van der Waals surface area contributed by atoms with Crippen LogP contribution in [-0.2, 0) is 0 Å². The molecule has 0 fully saturated rings. The van der Waals surface area contributed by atoms with Crippen LogP contribution < -0.4 is 0 Å². The van der Waals surface area contributed by atoms with Gasteiger partial charge in [0.1, 0.15) is 0 Å². The van der Waals surface area contributed by atoms with Crippen molar-refractivity contribution in [1.29, 1.82) is 0 Å². The van der Waals surface area contributed by atoms with Crippen molar-refractivity contribution in [3.63, 3.8) is 0 Å². The Morgan fingerprint density at radius 2 is 1.45 bits per heavy atom. The summed E-state index contributed by atoms with van der Waals surface area (Å²) in [5, 5.41) is 8.96. The summed E-state index contributed by atoms with van der Waals surface area (Å²) in [6, 6.07) is 6.94. The van der Waals surface area contributed by atoms with Gasteiger partial charge >= 0.3 is 0 Å². The maximum atomic E-state index is 12.5. The summed E-state index contributed by atoms with van der Waals surface area (Å²) in [6.07, 6.45) is 0.940. The molecule has 0 atom stereocenters. The van der Waals surface area contributed by atoms with E-state index in [-0.39, 0.29) is 18.2 Å². The summed E-state index contributed by atoms with van der Waals surface area (Å²) in [4.78, 5) is 26.1. The number of benzene rings is 1. The summed E-state index contributed by atoms with van der Waals surface area (Å²) in [5.41, 5.74) is 0.961. The van der Waals surface area contributed by atoms with Crippen molar-refractivity contribution in [2.45, 2.75) is 13.3 Å². The van der Waals surface area contributed by atoms with Crippen LogP contribution in [0.25, 0.3) is 0 Å². The fourth-order valence-electron chi connectivity index (χ4n) is 1.94. The number of aliphatic hydroxyl groups is 1. The van der Waals surface area contributed by atoms with E-state index in [2.05, 4.69) is 0 Å². The molecule has 106 valence electrons. The number of allylic oxidation sites excluding steroid dienone is 2. The lowest BCUT2D eigenvalue weighted by atomic mass is 9.94. The van der Waals surface area contributed by atoms with E-state index in [4.69, 9.17) is 5.11 Å². The van der Waals surface area contributed by atoms with Crippen LogP contribution >= 0.6 is 23.5 Å². The lowest BCUT2D eigenvalue weighted by molar-refractivity contribution is 0.0988. The Morgan fingerprint density at radius 3 is 1.90 bits per heavy atom. The van der Waals surface area contributed by atoms with E-state index < -0.39 is 0 Å². The van der Waals surface area contributed by atoms with E-state index in [9.17, 15) is 9.59 Å². The highest BCUT2D eigenvalue weighted by Crippen LogP contribution is 2.38. The number of ketones is 2. The molecule has 0 aromatic heterocycles. The minimum atomic E-state index is -0.0998. The second-order valence-electron chi connectivity index (χ2n) is 4.28. The molecule has 2 rings (SSSR count). The minimum Gasteiger partial charge on any atom is -0.396 e. The number of carbonyl (C=O) groups is 2. The Morgan fingerprint density at radius 1 is 0.950 bits per heavy atom. The highest BCUT2D eigenvalue weighted by molar-refractivity contribution is 8.08. The monoisotopic (exact) mass is 308 g/mol. The van der Waals surface area contributed by atoms with Crippen molar-refractivity contribution >= 4 is 35.1 Å². The van der Waals surface area contributed by atoms with E-state index in [0.29, 0.717) is 26.7 Å². The molecule has 0 radical (unpaired) electrons. The zero-order chi connectivity index (χ0) is 14.5. The van der Waals surface area contributed by atoms with Crippen LogP contribution in [0.1, 0.15) is 34.1 Å². The average Bonchev–Trinajstić information content (AvgIpc) is 2.48. The number of carbonyl (C=O) groups excluding carboxylic acids is 2. The first-order valence-electron chi connectivity index (χ1n) is 6.49. The van der Waals surface area contributed by atoms with Crippen LogP contribution in [0.15, 0.2) is 34.1 Å². The summed E-state index contributed by atoms with van der Waals surface area (Å²) in [7, 11) is 0. The normalized spacial score (nSPS) is 14.7. The van der Waals surface area contributed by atoms with Gasteiger partial charge in [-0.15, -0.1) is 23.5 Å². The number of thioether (sulfide) groups is 2. The van der Waals surface area contributed by atoms with Crippen LogP contribution in [0.4, 0.5) is 0 Å². The zero-order valence-electron chi connectivity index (χ0n) is 11.2. The predicted molar refractivity (Wildman–Crippen MR) is 84.4 cm³/mol. The highest BCUT2D eigenvalue weighted by atomic mass is 32.2. The van der Waals surface area contributed by atoms with E-state index in [1.807, 2.05) is 6.92 Å². The zero-order valence-corrected chi connectivity index (χ0v) is 12.9. The van der Waals surface area contributed by atoms with Crippen molar-refractivity contribution < 1.29 is 14.7 Å². The Balaban J connectivity index is 2.44. The van der Waals surface area contributed by atoms with E-state index in [1.165, 1.54) is 23.5 Å². The molecule has 0 heterocycles. The summed E-state index contributed by atoms with van der Waals surface area (Å²) < 4.78 is 0. The predicted octanol–water partition coefficient (Wildman–Crippen LogP) is 3.15. The maximum absolute atomic E-state index is 12.5. The first-order chi connectivity index (χ1) is 9.70. The molecule has 1 aliphatic carbocycles. The molecule has 20 heavy (non-hydrogen) atoms. The molecular formula is C15H16O3S2. The highest BCUT2D eigenvalue weighted by Gasteiger charge is 2.32. The molecule has 0 aliphatic heterocycles. The van der Waals surface area contributed by atoms with Crippen LogP contribution in [0.2, 0.25) is 0 Å². The lowest BCUT2D eigenvalue weighted by Crippen LogP contribution is -2.20. The molecule has 0 amide bonds. The number of hydrogen-bond acceptors (Lipinski definition) is 5. The standard InChI is InChI=1S/C15H16O3S2/c1-2-8-19-14-12(17)10-5-3-4-6-11(10)13(18)15(14)20-9-7-16/h3-6,16H,2,7-9H2,1H3. The van der Waals surface area contributed by atoms with Gasteiger partial charge in [0.25, 0.3) is 0 Å². The van der Waals surface area contributed by atoms with Gasteiger partial charge < -0.3 is 5.11 Å². The lowest BCUT2D eigenvalue weighted by Gasteiger charge is -2.19. The Kier molecular flexibility index (Phi) is 5.46. The molecule has 0 saturated carbocycles. The second-order valence-corrected chi connectivity index (χ2v) is 6.49. The van der Waals surface area contributed by atoms with Gasteiger partial charge in [-0.25, -0.2) is 0 Å². The third-order valence-electron chi connectivity index (χ3n) is 2.82. The smallest absolute Gasteiger partial charge is 0.201 e. The maximum Gasteiger partial charge on any atom is 0.201 e. The van der Waals surface area contributed by atoms with Gasteiger partial charge in [0, 0.05) is 16.9 Å². The third-order valence-corrected chi connectivity index (χ3v) is 5.31. The van der Waals surface area contributed by atoms with Crippen LogP contribution in [0.5, 0.6) is 0 Å². The third kappa shape index (κ3) is 3.00. The van der Waals surface area contributed by atoms with Gasteiger partial charge in [-0.3, -0.25) is 9.59 Å². The first-order valence-corrected chi connectivity index (χ1v) is 8.47. The van der Waals surface area contributed by atoms with E-state index >= 15 is 0 Å². The molecule has 0 spiro atoms. The number of hydrogen-bond donors (Lipinski definition) is 1. The SMILES string of the molecule is CCCSC1=C(SCCO)C(=O)c2ccccc2C1=O. The number of aliphatic hydroxyl groups excluding tert-OH is 1. The van der Waals surface area contributed by atoms with Gasteiger partial charge in [-0.05, 0) is 12.2 Å². The molecule has 0 bridgehead atoms. The van der Waals surface area contributed by atoms with Crippen molar-refractivity contribution in [3.8, 4) is 0 Å². The van der Waals surface area contributed by atoms with Crippen molar-refractivity contribution in [2.24, 2.45) is 0 Å². The molecule has 1 aromatic rings. The summed E-state index contributed by atoms with van der Waals surface area (Å²) in [5.74, 6) is 1.06. The molecule has 5 heteroatoms. The Labute approximate surface area is 126 Å². The van der Waals surface area contributed by atoms with Gasteiger partial charge in [0.2, 0.25) is 11.6 Å². The molecule has 0 saturated heterocycles. The van der Waals surface area contributed by atoms with Crippen LogP contribution in [0.3, 0.4) is 0 Å². The molecular weight excluding hydrogens is 292 g/mol. The Bertz CT molecular complexity index is 515. The Hall–Kier alpha value is -1.04. The quantitative estimate of drug-likeness (QED) is 0.875. The van der Waals surface area contributed by atoms with E-state index in [0.717, 1.165) is 12.2 Å².